The van der Waals surface area contributed by atoms with E-state index in [-0.39, 0.29) is 5.76 Å². The van der Waals surface area contributed by atoms with Crippen LogP contribution in [0.15, 0.2) is 28.7 Å². The minimum atomic E-state index is -0.986. The molecule has 0 saturated carbocycles. The Bertz CT molecular complexity index is 661. The SMILES string of the molecule is CC1CCN(Cc2c(C(=O)O)oc3ccccc23)CC1C. The Morgan fingerprint density at radius 1 is 1.33 bits per heavy atom. The molecule has 2 unspecified atom stereocenters. The van der Waals surface area contributed by atoms with E-state index in [9.17, 15) is 9.90 Å². The maximum Gasteiger partial charge on any atom is 0.372 e. The third kappa shape index (κ3) is 2.68. The molecule has 0 radical (unpaired) electrons. The van der Waals surface area contributed by atoms with Gasteiger partial charge in [0, 0.05) is 24.0 Å². The van der Waals surface area contributed by atoms with Crippen molar-refractivity contribution in [2.24, 2.45) is 11.8 Å². The quantitative estimate of drug-likeness (QED) is 0.937. The van der Waals surface area contributed by atoms with Crippen molar-refractivity contribution in [2.45, 2.75) is 26.8 Å². The molecule has 4 nitrogen and oxygen atoms in total. The number of hydrogen-bond acceptors (Lipinski definition) is 3. The van der Waals surface area contributed by atoms with Crippen LogP contribution in [0.4, 0.5) is 0 Å². The van der Waals surface area contributed by atoms with Gasteiger partial charge in [-0.3, -0.25) is 4.90 Å². The highest BCUT2D eigenvalue weighted by atomic mass is 16.4. The summed E-state index contributed by atoms with van der Waals surface area (Å²) in [4.78, 5) is 13.8. The van der Waals surface area contributed by atoms with Crippen molar-refractivity contribution in [3.63, 3.8) is 0 Å². The van der Waals surface area contributed by atoms with Gasteiger partial charge in [-0.2, -0.15) is 0 Å². The molecule has 0 aliphatic carbocycles. The topological polar surface area (TPSA) is 53.7 Å². The number of piperidine rings is 1. The molecule has 4 heteroatoms. The lowest BCUT2D eigenvalue weighted by atomic mass is 9.88. The van der Waals surface area contributed by atoms with Gasteiger partial charge in [0.1, 0.15) is 5.58 Å². The largest absolute Gasteiger partial charge is 0.475 e. The molecule has 0 spiro atoms. The number of furan rings is 1. The standard InChI is InChI=1S/C17H21NO3/c1-11-7-8-18(9-12(11)2)10-14-13-5-3-4-6-15(13)21-16(14)17(19)20/h3-6,11-12H,7-10H2,1-2H3,(H,19,20). The van der Waals surface area contributed by atoms with Crippen molar-refractivity contribution >= 4 is 16.9 Å². The fourth-order valence-corrected chi connectivity index (χ4v) is 3.14. The minimum Gasteiger partial charge on any atom is -0.475 e. The molecule has 0 bridgehead atoms. The smallest absolute Gasteiger partial charge is 0.372 e. The Morgan fingerprint density at radius 2 is 2.10 bits per heavy atom. The second kappa shape index (κ2) is 5.53. The van der Waals surface area contributed by atoms with Crippen molar-refractivity contribution in [2.75, 3.05) is 13.1 Å². The zero-order valence-electron chi connectivity index (χ0n) is 12.5. The van der Waals surface area contributed by atoms with E-state index in [1.54, 1.807) is 0 Å². The number of benzene rings is 1. The Balaban J connectivity index is 1.92. The summed E-state index contributed by atoms with van der Waals surface area (Å²) in [5, 5.41) is 10.3. The molecule has 0 amide bonds. The van der Waals surface area contributed by atoms with Gasteiger partial charge in [0.25, 0.3) is 0 Å². The molecular formula is C17H21NO3. The molecule has 1 aliphatic heterocycles. The third-order valence-corrected chi connectivity index (χ3v) is 4.69. The van der Waals surface area contributed by atoms with Crippen LogP contribution in [0.25, 0.3) is 11.0 Å². The van der Waals surface area contributed by atoms with Crippen LogP contribution < -0.4 is 0 Å². The van der Waals surface area contributed by atoms with Crippen LogP contribution in [0, 0.1) is 11.8 Å². The van der Waals surface area contributed by atoms with Gasteiger partial charge in [-0.25, -0.2) is 4.79 Å². The summed E-state index contributed by atoms with van der Waals surface area (Å²) >= 11 is 0. The van der Waals surface area contributed by atoms with E-state index in [0.717, 1.165) is 30.0 Å². The van der Waals surface area contributed by atoms with Crippen molar-refractivity contribution in [1.82, 2.24) is 4.90 Å². The lowest BCUT2D eigenvalue weighted by Gasteiger charge is -2.35. The molecule has 2 atom stereocenters. The average Bonchev–Trinajstić information content (AvgIpc) is 2.82. The predicted octanol–water partition coefficient (Wildman–Crippen LogP) is 3.61. The lowest BCUT2D eigenvalue weighted by molar-refractivity contribution is 0.0659. The van der Waals surface area contributed by atoms with E-state index >= 15 is 0 Å². The van der Waals surface area contributed by atoms with Crippen LogP contribution in [-0.4, -0.2) is 29.1 Å². The first-order valence-corrected chi connectivity index (χ1v) is 7.52. The van der Waals surface area contributed by atoms with Crippen molar-refractivity contribution in [3.8, 4) is 0 Å². The molecule has 2 heterocycles. The van der Waals surface area contributed by atoms with Crippen molar-refractivity contribution in [1.29, 1.82) is 0 Å². The minimum absolute atomic E-state index is 0.0856. The number of aromatic carboxylic acids is 1. The summed E-state index contributed by atoms with van der Waals surface area (Å²) in [6.45, 7) is 7.24. The van der Waals surface area contributed by atoms with Gasteiger partial charge in [0.2, 0.25) is 5.76 Å². The normalized spacial score (nSPS) is 23.5. The first kappa shape index (κ1) is 14.1. The summed E-state index contributed by atoms with van der Waals surface area (Å²) in [6.07, 6.45) is 1.17. The first-order valence-electron chi connectivity index (χ1n) is 7.52. The molecule has 3 rings (SSSR count). The maximum atomic E-state index is 11.4. The Labute approximate surface area is 124 Å². The number of nitrogens with zero attached hydrogens (tertiary/aromatic N) is 1. The predicted molar refractivity (Wildman–Crippen MR) is 81.4 cm³/mol. The van der Waals surface area contributed by atoms with Gasteiger partial charge in [-0.1, -0.05) is 32.0 Å². The molecule has 1 aromatic heterocycles. The highest BCUT2D eigenvalue weighted by molar-refractivity contribution is 5.95. The number of carboxylic acid groups (broad SMARTS) is 1. The zero-order chi connectivity index (χ0) is 15.0. The molecule has 1 fully saturated rings. The fourth-order valence-electron chi connectivity index (χ4n) is 3.14. The lowest BCUT2D eigenvalue weighted by Crippen LogP contribution is -2.38. The molecule has 2 aromatic rings. The summed E-state index contributed by atoms with van der Waals surface area (Å²) < 4.78 is 5.52. The Morgan fingerprint density at radius 3 is 2.81 bits per heavy atom. The number of rotatable bonds is 3. The highest BCUT2D eigenvalue weighted by Gasteiger charge is 2.26. The molecule has 1 saturated heterocycles. The summed E-state index contributed by atoms with van der Waals surface area (Å²) in [5.41, 5.74) is 1.46. The Hall–Kier alpha value is -1.81. The Kier molecular flexibility index (Phi) is 3.72. The van der Waals surface area contributed by atoms with Crippen molar-refractivity contribution in [3.05, 3.63) is 35.6 Å². The molecule has 21 heavy (non-hydrogen) atoms. The monoisotopic (exact) mass is 287 g/mol. The highest BCUT2D eigenvalue weighted by Crippen LogP contribution is 2.30. The van der Waals surface area contributed by atoms with E-state index in [0.29, 0.717) is 18.0 Å². The zero-order valence-corrected chi connectivity index (χ0v) is 12.5. The van der Waals surface area contributed by atoms with Crippen molar-refractivity contribution < 1.29 is 14.3 Å². The number of carbonyl (C=O) groups is 1. The third-order valence-electron chi connectivity index (χ3n) is 4.69. The number of para-hydroxylation sites is 1. The number of carboxylic acids is 1. The van der Waals surface area contributed by atoms with E-state index in [4.69, 9.17) is 4.42 Å². The van der Waals surface area contributed by atoms with Crippen LogP contribution in [0.1, 0.15) is 36.4 Å². The second-order valence-corrected chi connectivity index (χ2v) is 6.19. The molecule has 112 valence electrons. The van der Waals surface area contributed by atoms with Gasteiger partial charge in [-0.05, 0) is 30.9 Å². The van der Waals surface area contributed by atoms with Gasteiger partial charge in [0.05, 0.1) is 0 Å². The van der Waals surface area contributed by atoms with E-state index < -0.39 is 5.97 Å². The van der Waals surface area contributed by atoms with E-state index in [2.05, 4.69) is 18.7 Å². The number of hydrogen-bond donors (Lipinski definition) is 1. The van der Waals surface area contributed by atoms with E-state index in [1.807, 2.05) is 24.3 Å². The number of likely N-dealkylation sites (tertiary alicyclic amines) is 1. The second-order valence-electron chi connectivity index (χ2n) is 6.19. The molecule has 1 aromatic carbocycles. The van der Waals surface area contributed by atoms with Gasteiger partial charge in [0.15, 0.2) is 0 Å². The fraction of sp³-hybridized carbons (Fsp3) is 0.471. The van der Waals surface area contributed by atoms with Crippen LogP contribution >= 0.6 is 0 Å². The van der Waals surface area contributed by atoms with Crippen LogP contribution in [0.3, 0.4) is 0 Å². The number of fused-ring (bicyclic) bond motifs is 1. The molecular weight excluding hydrogens is 266 g/mol. The van der Waals surface area contributed by atoms with Crippen LogP contribution in [0.5, 0.6) is 0 Å². The van der Waals surface area contributed by atoms with Gasteiger partial charge >= 0.3 is 5.97 Å². The maximum absolute atomic E-state index is 11.4. The summed E-state index contributed by atoms with van der Waals surface area (Å²) in [7, 11) is 0. The molecule has 1 N–H and O–H groups in total. The summed E-state index contributed by atoms with van der Waals surface area (Å²) in [6, 6.07) is 7.56. The first-order chi connectivity index (χ1) is 10.1. The van der Waals surface area contributed by atoms with E-state index in [1.165, 1.54) is 6.42 Å². The summed E-state index contributed by atoms with van der Waals surface area (Å²) in [5.74, 6) is 0.480. The van der Waals surface area contributed by atoms with Gasteiger partial charge < -0.3 is 9.52 Å². The van der Waals surface area contributed by atoms with Gasteiger partial charge in [-0.15, -0.1) is 0 Å². The molecule has 1 aliphatic rings. The van der Waals surface area contributed by atoms with Crippen LogP contribution in [0.2, 0.25) is 0 Å². The van der Waals surface area contributed by atoms with Crippen LogP contribution in [-0.2, 0) is 6.54 Å². The average molecular weight is 287 g/mol.